The van der Waals surface area contributed by atoms with Crippen LogP contribution in [0.2, 0.25) is 0 Å². The van der Waals surface area contributed by atoms with Gasteiger partial charge in [0, 0.05) is 27.5 Å². The second-order valence-electron chi connectivity index (χ2n) is 14.4. The highest BCUT2D eigenvalue weighted by Crippen LogP contribution is 2.52. The molecule has 0 aliphatic heterocycles. The van der Waals surface area contributed by atoms with Crippen molar-refractivity contribution in [3.8, 4) is 33.4 Å². The summed E-state index contributed by atoms with van der Waals surface area (Å²) < 4.78 is 7.00. The third kappa shape index (κ3) is 5.11. The molecule has 11 aromatic rings. The van der Waals surface area contributed by atoms with E-state index in [1.807, 2.05) is 0 Å². The van der Waals surface area contributed by atoms with Crippen molar-refractivity contribution < 1.29 is 4.42 Å². The highest BCUT2D eigenvalue weighted by atomic mass is 16.3. The summed E-state index contributed by atoms with van der Waals surface area (Å²) in [6, 6.07) is 76.5. The fraction of sp³-hybridized carbons (Fsp3) is 0. The predicted molar refractivity (Wildman–Crippen MR) is 237 cm³/mol. The molecule has 1 aromatic heterocycles. The maximum absolute atomic E-state index is 7.00. The number of rotatable bonds is 6. The molecule has 262 valence electrons. The lowest BCUT2D eigenvalue weighted by molar-refractivity contribution is 0.670. The maximum Gasteiger partial charge on any atom is 0.145 e. The zero-order valence-electron chi connectivity index (χ0n) is 30.6. The topological polar surface area (TPSA) is 16.4 Å². The van der Waals surface area contributed by atoms with Gasteiger partial charge < -0.3 is 9.32 Å². The second kappa shape index (κ2) is 13.2. The van der Waals surface area contributed by atoms with Gasteiger partial charge in [-0.15, -0.1) is 0 Å². The van der Waals surface area contributed by atoms with Crippen LogP contribution < -0.4 is 4.90 Å². The van der Waals surface area contributed by atoms with Gasteiger partial charge >= 0.3 is 0 Å². The summed E-state index contributed by atoms with van der Waals surface area (Å²) in [5.41, 5.74) is 11.8. The van der Waals surface area contributed by atoms with Crippen molar-refractivity contribution >= 4 is 71.3 Å². The summed E-state index contributed by atoms with van der Waals surface area (Å²) in [5, 5.41) is 9.39. The molecule has 0 amide bonds. The van der Waals surface area contributed by atoms with Gasteiger partial charge in [-0.3, -0.25) is 0 Å². The quantitative estimate of drug-likeness (QED) is 0.160. The van der Waals surface area contributed by atoms with E-state index in [1.54, 1.807) is 0 Å². The van der Waals surface area contributed by atoms with E-state index in [2.05, 4.69) is 217 Å². The number of hydrogen-bond donors (Lipinski definition) is 0. The van der Waals surface area contributed by atoms with E-state index in [0.717, 1.165) is 72.4 Å². The van der Waals surface area contributed by atoms with Gasteiger partial charge in [0.05, 0.1) is 22.4 Å². The summed E-state index contributed by atoms with van der Waals surface area (Å²) in [6.45, 7) is 0. The molecule has 0 N–H and O–H groups in total. The number of furan rings is 1. The Morgan fingerprint density at radius 1 is 0.304 bits per heavy atom. The smallest absolute Gasteiger partial charge is 0.145 e. The van der Waals surface area contributed by atoms with Crippen LogP contribution in [0.3, 0.4) is 0 Å². The molecule has 2 nitrogen and oxygen atoms in total. The van der Waals surface area contributed by atoms with Crippen LogP contribution in [0.1, 0.15) is 0 Å². The number of anilines is 3. The fourth-order valence-electron chi connectivity index (χ4n) is 8.74. The van der Waals surface area contributed by atoms with E-state index in [9.17, 15) is 0 Å². The van der Waals surface area contributed by atoms with Gasteiger partial charge in [-0.2, -0.15) is 0 Å². The highest BCUT2D eigenvalue weighted by molar-refractivity contribution is 6.21. The number of fused-ring (bicyclic) bond motifs is 7. The Hall–Kier alpha value is -7.42. The molecule has 0 radical (unpaired) electrons. The van der Waals surface area contributed by atoms with Crippen molar-refractivity contribution in [1.82, 2.24) is 0 Å². The van der Waals surface area contributed by atoms with Crippen LogP contribution in [0.5, 0.6) is 0 Å². The molecular weight excluding hydrogens is 679 g/mol. The molecule has 10 aromatic carbocycles. The third-order valence-electron chi connectivity index (χ3n) is 11.3. The molecular formula is C54H35NO. The van der Waals surface area contributed by atoms with Crippen molar-refractivity contribution in [1.29, 1.82) is 0 Å². The van der Waals surface area contributed by atoms with Crippen LogP contribution in [-0.4, -0.2) is 0 Å². The van der Waals surface area contributed by atoms with Crippen molar-refractivity contribution in [3.05, 3.63) is 212 Å². The molecule has 56 heavy (non-hydrogen) atoms. The first-order chi connectivity index (χ1) is 27.8. The minimum Gasteiger partial charge on any atom is -0.455 e. The lowest BCUT2D eigenvalue weighted by atomic mass is 9.92. The van der Waals surface area contributed by atoms with Gasteiger partial charge in [0.15, 0.2) is 0 Å². The molecule has 0 saturated heterocycles. The van der Waals surface area contributed by atoms with Crippen molar-refractivity contribution in [2.45, 2.75) is 0 Å². The molecule has 1 heterocycles. The van der Waals surface area contributed by atoms with E-state index in [4.69, 9.17) is 4.42 Å². The molecule has 2 heteroatoms. The van der Waals surface area contributed by atoms with Crippen LogP contribution >= 0.6 is 0 Å². The fourth-order valence-corrected chi connectivity index (χ4v) is 8.74. The Morgan fingerprint density at radius 3 is 1.61 bits per heavy atom. The van der Waals surface area contributed by atoms with Crippen LogP contribution in [0.15, 0.2) is 217 Å². The lowest BCUT2D eigenvalue weighted by Crippen LogP contribution is -2.14. The maximum atomic E-state index is 7.00. The zero-order chi connectivity index (χ0) is 37.0. The first-order valence-electron chi connectivity index (χ1n) is 19.2. The van der Waals surface area contributed by atoms with Gasteiger partial charge in [0.1, 0.15) is 11.2 Å². The summed E-state index contributed by atoms with van der Waals surface area (Å²) >= 11 is 0. The third-order valence-corrected chi connectivity index (χ3v) is 11.3. The van der Waals surface area contributed by atoms with E-state index >= 15 is 0 Å². The van der Waals surface area contributed by atoms with Crippen LogP contribution in [-0.2, 0) is 0 Å². The van der Waals surface area contributed by atoms with Gasteiger partial charge in [-0.1, -0.05) is 188 Å². The number of nitrogens with zero attached hydrogens (tertiary/aromatic N) is 1. The number of hydrogen-bond acceptors (Lipinski definition) is 2. The Labute approximate surface area is 325 Å². The summed E-state index contributed by atoms with van der Waals surface area (Å²) in [4.78, 5) is 2.51. The Kier molecular flexibility index (Phi) is 7.53. The zero-order valence-corrected chi connectivity index (χ0v) is 30.6. The van der Waals surface area contributed by atoms with Gasteiger partial charge in [0.25, 0.3) is 0 Å². The molecule has 0 unspecified atom stereocenters. The SMILES string of the molecule is c1ccc(-c2cccc(-c3ccccc3)c2N(c2cccc3c2ccc2ccccc23)c2ccc(-c3cccc4ccccc34)c3oc4ccccc4c23)cc1. The standard InChI is InChI=1S/C54H35NO/c1-3-16-37(17-4-1)42-26-14-27-43(38-18-5-2-6-19-38)53(42)55(49-30-15-29-44-41-24-10-8-21-39(41)32-33-46(44)49)50-35-34-47(45-28-13-22-36-20-7-9-23-40(36)45)54-52(50)48-25-11-12-31-51(48)56-54/h1-35H. The van der Waals surface area contributed by atoms with E-state index < -0.39 is 0 Å². The van der Waals surface area contributed by atoms with Crippen LogP contribution in [0.4, 0.5) is 17.1 Å². The summed E-state index contributed by atoms with van der Waals surface area (Å²) in [5.74, 6) is 0. The molecule has 11 rings (SSSR count). The highest BCUT2D eigenvalue weighted by Gasteiger charge is 2.28. The van der Waals surface area contributed by atoms with Crippen LogP contribution in [0.25, 0.3) is 87.6 Å². The molecule has 0 aliphatic rings. The van der Waals surface area contributed by atoms with Gasteiger partial charge in [0.2, 0.25) is 0 Å². The number of para-hydroxylation sites is 2. The summed E-state index contributed by atoms with van der Waals surface area (Å²) in [7, 11) is 0. The first kappa shape index (κ1) is 32.0. The lowest BCUT2D eigenvalue weighted by Gasteiger charge is -2.32. The minimum atomic E-state index is 0.861. The molecule has 0 fully saturated rings. The Morgan fingerprint density at radius 2 is 0.857 bits per heavy atom. The molecule has 0 saturated carbocycles. The van der Waals surface area contributed by atoms with Crippen molar-refractivity contribution in [2.75, 3.05) is 4.90 Å². The average molecular weight is 714 g/mol. The van der Waals surface area contributed by atoms with Crippen LogP contribution in [0, 0.1) is 0 Å². The largest absolute Gasteiger partial charge is 0.455 e. The normalized spacial score (nSPS) is 11.6. The van der Waals surface area contributed by atoms with E-state index in [1.165, 1.54) is 32.3 Å². The van der Waals surface area contributed by atoms with E-state index in [-0.39, 0.29) is 0 Å². The van der Waals surface area contributed by atoms with Crippen molar-refractivity contribution in [3.63, 3.8) is 0 Å². The van der Waals surface area contributed by atoms with Crippen molar-refractivity contribution in [2.24, 2.45) is 0 Å². The first-order valence-corrected chi connectivity index (χ1v) is 19.2. The molecule has 0 atom stereocenters. The average Bonchev–Trinajstić information content (AvgIpc) is 3.67. The van der Waals surface area contributed by atoms with Gasteiger partial charge in [-0.05, 0) is 67.9 Å². The Balaban J connectivity index is 1.31. The molecule has 0 aliphatic carbocycles. The van der Waals surface area contributed by atoms with E-state index in [0.29, 0.717) is 0 Å². The monoisotopic (exact) mass is 713 g/mol. The Bertz CT molecular complexity index is 3190. The minimum absolute atomic E-state index is 0.861. The second-order valence-corrected chi connectivity index (χ2v) is 14.4. The molecule has 0 bridgehead atoms. The number of benzene rings is 10. The predicted octanol–water partition coefficient (Wildman–Crippen LogP) is 15.5. The summed E-state index contributed by atoms with van der Waals surface area (Å²) in [6.07, 6.45) is 0. The molecule has 0 spiro atoms. The van der Waals surface area contributed by atoms with Gasteiger partial charge in [-0.25, -0.2) is 0 Å².